The summed E-state index contributed by atoms with van der Waals surface area (Å²) in [4.78, 5) is 11.0. The predicted octanol–water partition coefficient (Wildman–Crippen LogP) is 4.59. The van der Waals surface area contributed by atoms with Crippen molar-refractivity contribution in [1.82, 2.24) is 9.97 Å². The first-order chi connectivity index (χ1) is 11.8. The van der Waals surface area contributed by atoms with E-state index < -0.39 is 0 Å². The van der Waals surface area contributed by atoms with Gasteiger partial charge in [0.15, 0.2) is 11.5 Å². The molecule has 6 heteroatoms. The van der Waals surface area contributed by atoms with Crippen LogP contribution in [0.15, 0.2) is 56.4 Å². The van der Waals surface area contributed by atoms with Gasteiger partial charge in [0.05, 0.1) is 23.5 Å². The van der Waals surface area contributed by atoms with E-state index in [-0.39, 0.29) is 0 Å². The lowest BCUT2D eigenvalue weighted by Crippen LogP contribution is -2.23. The molecule has 6 nitrogen and oxygen atoms in total. The van der Waals surface area contributed by atoms with E-state index in [4.69, 9.17) is 13.3 Å². The summed E-state index contributed by atoms with van der Waals surface area (Å²) in [6.45, 7) is 5.86. The molecule has 0 spiro atoms. The first-order valence-electron chi connectivity index (χ1n) is 7.93. The van der Waals surface area contributed by atoms with Gasteiger partial charge < -0.3 is 18.2 Å². The number of furan rings is 3. The molecule has 0 N–H and O–H groups in total. The number of hydrogen-bond acceptors (Lipinski definition) is 6. The van der Waals surface area contributed by atoms with Crippen molar-refractivity contribution in [3.63, 3.8) is 0 Å². The lowest BCUT2D eigenvalue weighted by atomic mass is 10.1. The SMILES string of the molecule is CCN(CC)c1ncnc2oc(-c3ccco3)c(-c3ccco3)c12. The largest absolute Gasteiger partial charge is 0.464 e. The van der Waals surface area contributed by atoms with Crippen LogP contribution in [-0.4, -0.2) is 23.1 Å². The Hall–Kier alpha value is -3.02. The van der Waals surface area contributed by atoms with E-state index >= 15 is 0 Å². The van der Waals surface area contributed by atoms with Crippen molar-refractivity contribution in [2.45, 2.75) is 13.8 Å². The highest BCUT2D eigenvalue weighted by Gasteiger charge is 2.26. The summed E-state index contributed by atoms with van der Waals surface area (Å²) < 4.78 is 17.2. The van der Waals surface area contributed by atoms with Crippen LogP contribution in [0.1, 0.15) is 13.8 Å². The minimum absolute atomic E-state index is 0.518. The van der Waals surface area contributed by atoms with Crippen molar-refractivity contribution in [3.8, 4) is 22.8 Å². The highest BCUT2D eigenvalue weighted by Crippen LogP contribution is 2.43. The van der Waals surface area contributed by atoms with Crippen LogP contribution in [-0.2, 0) is 0 Å². The minimum atomic E-state index is 0.518. The summed E-state index contributed by atoms with van der Waals surface area (Å²) >= 11 is 0. The van der Waals surface area contributed by atoms with Crippen LogP contribution in [0.5, 0.6) is 0 Å². The quantitative estimate of drug-likeness (QED) is 0.535. The van der Waals surface area contributed by atoms with Crippen LogP contribution in [0.4, 0.5) is 5.82 Å². The second-order valence-electron chi connectivity index (χ2n) is 5.31. The Kier molecular flexibility index (Phi) is 3.57. The lowest BCUT2D eigenvalue weighted by molar-refractivity contribution is 0.536. The summed E-state index contributed by atoms with van der Waals surface area (Å²) in [6, 6.07) is 7.43. The molecule has 122 valence electrons. The third kappa shape index (κ3) is 2.19. The molecule has 0 bridgehead atoms. The Morgan fingerprint density at radius 3 is 2.29 bits per heavy atom. The molecule has 0 saturated heterocycles. The zero-order chi connectivity index (χ0) is 16.5. The molecule has 4 heterocycles. The molecular weight excluding hydrogens is 306 g/mol. The Labute approximate surface area is 138 Å². The molecule has 0 amide bonds. The highest BCUT2D eigenvalue weighted by atomic mass is 16.4. The third-order valence-corrected chi connectivity index (χ3v) is 4.04. The molecule has 0 atom stereocenters. The number of aromatic nitrogens is 2. The topological polar surface area (TPSA) is 68.4 Å². The third-order valence-electron chi connectivity index (χ3n) is 4.04. The van der Waals surface area contributed by atoms with Gasteiger partial charge in [0.2, 0.25) is 5.71 Å². The van der Waals surface area contributed by atoms with Crippen molar-refractivity contribution >= 4 is 16.9 Å². The van der Waals surface area contributed by atoms with Gasteiger partial charge in [-0.05, 0) is 38.1 Å². The van der Waals surface area contributed by atoms with Gasteiger partial charge in [0.25, 0.3) is 0 Å². The van der Waals surface area contributed by atoms with Crippen molar-refractivity contribution < 1.29 is 13.3 Å². The van der Waals surface area contributed by atoms with E-state index in [1.807, 2.05) is 24.3 Å². The minimum Gasteiger partial charge on any atom is -0.464 e. The molecule has 4 rings (SSSR count). The average molecular weight is 323 g/mol. The van der Waals surface area contributed by atoms with Crippen LogP contribution in [0.25, 0.3) is 33.9 Å². The zero-order valence-electron chi connectivity index (χ0n) is 13.5. The fourth-order valence-electron chi connectivity index (χ4n) is 2.92. The number of hydrogen-bond donors (Lipinski definition) is 0. The standard InChI is InChI=1S/C18H17N3O3/c1-3-21(4-2)17-15-14(12-7-5-9-22-12)16(13-8-6-10-23-13)24-18(15)20-11-19-17/h5-11H,3-4H2,1-2H3. The van der Waals surface area contributed by atoms with Gasteiger partial charge >= 0.3 is 0 Å². The number of anilines is 1. The monoisotopic (exact) mass is 323 g/mol. The maximum Gasteiger partial charge on any atom is 0.232 e. The fourth-order valence-corrected chi connectivity index (χ4v) is 2.92. The van der Waals surface area contributed by atoms with E-state index in [2.05, 4.69) is 28.7 Å². The first-order valence-corrected chi connectivity index (χ1v) is 7.93. The number of fused-ring (bicyclic) bond motifs is 1. The molecule has 4 aromatic rings. The summed E-state index contributed by atoms with van der Waals surface area (Å²) in [6.07, 6.45) is 4.78. The smallest absolute Gasteiger partial charge is 0.232 e. The Morgan fingerprint density at radius 1 is 0.958 bits per heavy atom. The van der Waals surface area contributed by atoms with E-state index in [0.29, 0.717) is 23.0 Å². The van der Waals surface area contributed by atoms with Gasteiger partial charge in [-0.1, -0.05) is 0 Å². The van der Waals surface area contributed by atoms with Crippen molar-refractivity contribution in [2.24, 2.45) is 0 Å². The lowest BCUT2D eigenvalue weighted by Gasteiger charge is -2.20. The summed E-state index contributed by atoms with van der Waals surface area (Å²) in [5.74, 6) is 2.75. The van der Waals surface area contributed by atoms with E-state index in [9.17, 15) is 0 Å². The fraction of sp³-hybridized carbons (Fsp3) is 0.222. The van der Waals surface area contributed by atoms with Crippen molar-refractivity contribution in [1.29, 1.82) is 0 Å². The first kappa shape index (κ1) is 14.6. The van der Waals surface area contributed by atoms with Gasteiger partial charge in [0.1, 0.15) is 17.9 Å². The van der Waals surface area contributed by atoms with Crippen LogP contribution >= 0.6 is 0 Å². The summed E-state index contributed by atoms with van der Waals surface area (Å²) in [5.41, 5.74) is 1.33. The second kappa shape index (κ2) is 5.88. The van der Waals surface area contributed by atoms with Crippen LogP contribution in [0.2, 0.25) is 0 Å². The average Bonchev–Trinajstić information content (AvgIpc) is 3.35. The molecule has 0 aliphatic carbocycles. The van der Waals surface area contributed by atoms with Crippen LogP contribution in [0, 0.1) is 0 Å². The zero-order valence-corrected chi connectivity index (χ0v) is 13.5. The van der Waals surface area contributed by atoms with E-state index in [0.717, 1.165) is 29.9 Å². The highest BCUT2D eigenvalue weighted by molar-refractivity contribution is 6.04. The normalized spacial score (nSPS) is 11.2. The van der Waals surface area contributed by atoms with Crippen LogP contribution < -0.4 is 4.90 Å². The van der Waals surface area contributed by atoms with Gasteiger partial charge in [-0.15, -0.1) is 0 Å². The van der Waals surface area contributed by atoms with Gasteiger partial charge in [-0.25, -0.2) is 9.97 Å². The molecule has 0 unspecified atom stereocenters. The maximum atomic E-state index is 6.02. The molecular formula is C18H17N3O3. The van der Waals surface area contributed by atoms with E-state index in [1.54, 1.807) is 12.5 Å². The second-order valence-corrected chi connectivity index (χ2v) is 5.31. The van der Waals surface area contributed by atoms with Crippen molar-refractivity contribution in [2.75, 3.05) is 18.0 Å². The van der Waals surface area contributed by atoms with Gasteiger partial charge in [0, 0.05) is 13.1 Å². The molecule has 0 fully saturated rings. The summed E-state index contributed by atoms with van der Waals surface area (Å²) in [7, 11) is 0. The summed E-state index contributed by atoms with van der Waals surface area (Å²) in [5, 5.41) is 0.836. The Bertz CT molecular complexity index is 936. The molecule has 0 radical (unpaired) electrons. The number of rotatable bonds is 5. The molecule has 4 aromatic heterocycles. The molecule has 0 aliphatic rings. The Morgan fingerprint density at radius 2 is 1.67 bits per heavy atom. The van der Waals surface area contributed by atoms with E-state index in [1.165, 1.54) is 6.33 Å². The van der Waals surface area contributed by atoms with Gasteiger partial charge in [-0.3, -0.25) is 0 Å². The Balaban J connectivity index is 2.08. The maximum absolute atomic E-state index is 6.02. The predicted molar refractivity (Wildman–Crippen MR) is 90.8 cm³/mol. The molecule has 0 saturated carbocycles. The van der Waals surface area contributed by atoms with Crippen LogP contribution in [0.3, 0.4) is 0 Å². The van der Waals surface area contributed by atoms with Gasteiger partial charge in [-0.2, -0.15) is 0 Å². The molecule has 0 aliphatic heterocycles. The molecule has 24 heavy (non-hydrogen) atoms. The molecule has 0 aromatic carbocycles. The van der Waals surface area contributed by atoms with Crippen molar-refractivity contribution in [3.05, 3.63) is 43.1 Å². The number of nitrogens with zero attached hydrogens (tertiary/aromatic N) is 3.